The zero-order valence-corrected chi connectivity index (χ0v) is 21.2. The molecule has 0 aliphatic carbocycles. The Morgan fingerprint density at radius 2 is 1.77 bits per heavy atom. The summed E-state index contributed by atoms with van der Waals surface area (Å²) in [4.78, 5) is 29.9. The van der Waals surface area contributed by atoms with E-state index in [1.54, 1.807) is 10.6 Å². The third kappa shape index (κ3) is 3.67. The van der Waals surface area contributed by atoms with E-state index in [1.165, 1.54) is 0 Å². The monoisotopic (exact) mass is 480 g/mol. The van der Waals surface area contributed by atoms with E-state index in [4.69, 9.17) is 19.2 Å². The number of carbonyl (C=O) groups is 1. The van der Waals surface area contributed by atoms with Crippen molar-refractivity contribution in [3.8, 4) is 22.9 Å². The number of esters is 1. The van der Waals surface area contributed by atoms with E-state index in [1.807, 2.05) is 40.7 Å². The molecule has 2 aromatic heterocycles. The minimum absolute atomic E-state index is 0.128. The first-order valence-corrected chi connectivity index (χ1v) is 12.4. The van der Waals surface area contributed by atoms with Crippen LogP contribution < -0.4 is 15.0 Å². The summed E-state index contributed by atoms with van der Waals surface area (Å²) < 4.78 is 18.3. The lowest BCUT2D eigenvalue weighted by Crippen LogP contribution is -2.32. The van der Waals surface area contributed by atoms with Crippen molar-refractivity contribution in [2.75, 3.05) is 13.2 Å². The Kier molecular flexibility index (Phi) is 6.85. The average Bonchev–Trinajstić information content (AvgIpc) is 3.26. The van der Waals surface area contributed by atoms with Gasteiger partial charge in [-0.05, 0) is 25.0 Å². The number of aliphatic hydroxyl groups excluding tert-OH is 1. The minimum Gasteiger partial charge on any atom is -0.486 e. The fourth-order valence-corrected chi connectivity index (χ4v) is 5.02. The average molecular weight is 481 g/mol. The maximum absolute atomic E-state index is 13.2. The van der Waals surface area contributed by atoms with E-state index in [9.17, 15) is 14.7 Å². The molecular weight excluding hydrogens is 448 g/mol. The highest BCUT2D eigenvalue weighted by Gasteiger charge is 2.35. The lowest BCUT2D eigenvalue weighted by molar-refractivity contribution is -0.157. The predicted octanol–water partition coefficient (Wildman–Crippen LogP) is 4.21. The van der Waals surface area contributed by atoms with Crippen molar-refractivity contribution in [2.24, 2.45) is 0 Å². The summed E-state index contributed by atoms with van der Waals surface area (Å²) in [6.45, 7) is 13.3. The van der Waals surface area contributed by atoms with Gasteiger partial charge in [0.1, 0.15) is 19.8 Å². The molecule has 5 heterocycles. The summed E-state index contributed by atoms with van der Waals surface area (Å²) in [5.74, 6) is 0.678. The van der Waals surface area contributed by atoms with Crippen molar-refractivity contribution < 1.29 is 24.1 Å². The summed E-state index contributed by atoms with van der Waals surface area (Å²) >= 11 is 0. The second kappa shape index (κ2) is 9.70. The van der Waals surface area contributed by atoms with Crippen LogP contribution in [0.2, 0.25) is 0 Å². The summed E-state index contributed by atoms with van der Waals surface area (Å²) in [7, 11) is 0. The SMILES string of the molecule is CC.CC.CCc1c2c(nc3cc4c(c(C)c13)OCCO4)-c1cc3c(c(=O)n1C2)COC(=O)C3O. The zero-order chi connectivity index (χ0) is 25.4. The second-order valence-corrected chi connectivity index (χ2v) is 8.06. The number of cyclic esters (lactones) is 1. The molecule has 3 aliphatic rings. The molecule has 0 spiro atoms. The van der Waals surface area contributed by atoms with E-state index >= 15 is 0 Å². The number of hydrogen-bond acceptors (Lipinski definition) is 7. The minimum atomic E-state index is -1.46. The molecule has 1 unspecified atom stereocenters. The van der Waals surface area contributed by atoms with E-state index < -0.39 is 12.1 Å². The van der Waals surface area contributed by atoms with Gasteiger partial charge in [0.05, 0.1) is 29.0 Å². The van der Waals surface area contributed by atoms with Gasteiger partial charge in [-0.2, -0.15) is 0 Å². The van der Waals surface area contributed by atoms with Crippen LogP contribution in [-0.4, -0.2) is 33.8 Å². The summed E-state index contributed by atoms with van der Waals surface area (Å²) in [6, 6.07) is 3.60. The molecule has 35 heavy (non-hydrogen) atoms. The number of ether oxygens (including phenoxy) is 3. The van der Waals surface area contributed by atoms with Crippen molar-refractivity contribution in [3.63, 3.8) is 0 Å². The van der Waals surface area contributed by atoms with Crippen molar-refractivity contribution in [1.82, 2.24) is 9.55 Å². The van der Waals surface area contributed by atoms with Gasteiger partial charge in [-0.3, -0.25) is 4.79 Å². The standard InChI is InChI=1S/C23H20N2O6.2C2H6/c1-3-11-13-8-25-16(6-12-14(22(25)27)9-31-23(28)20(12)26)19(13)24-15-7-17-21(10(2)18(11)15)30-5-4-29-17;2*1-2/h6-7,20,26H,3-5,8-9H2,1-2H3;2*1-2H3. The van der Waals surface area contributed by atoms with E-state index in [0.717, 1.165) is 39.8 Å². The lowest BCUT2D eigenvalue weighted by Gasteiger charge is -2.23. The molecule has 0 radical (unpaired) electrons. The van der Waals surface area contributed by atoms with Crippen LogP contribution >= 0.6 is 0 Å². The van der Waals surface area contributed by atoms with Crippen molar-refractivity contribution in [1.29, 1.82) is 0 Å². The smallest absolute Gasteiger partial charge is 0.340 e. The molecular formula is C27H32N2O6. The molecule has 8 nitrogen and oxygen atoms in total. The highest BCUT2D eigenvalue weighted by Crippen LogP contribution is 2.44. The van der Waals surface area contributed by atoms with Crippen LogP contribution in [0.4, 0.5) is 0 Å². The number of pyridine rings is 2. The maximum atomic E-state index is 13.2. The number of fused-ring (bicyclic) bond motifs is 6. The topological polar surface area (TPSA) is 99.9 Å². The Hall–Kier alpha value is -3.39. The molecule has 3 aliphatic heterocycles. The number of rotatable bonds is 1. The first-order chi connectivity index (χ1) is 17.0. The fourth-order valence-electron chi connectivity index (χ4n) is 5.02. The number of nitrogens with zero attached hydrogens (tertiary/aromatic N) is 2. The molecule has 0 amide bonds. The molecule has 3 aromatic rings. The number of aliphatic hydroxyl groups is 1. The van der Waals surface area contributed by atoms with Gasteiger partial charge >= 0.3 is 5.97 Å². The van der Waals surface area contributed by atoms with Crippen LogP contribution in [0.3, 0.4) is 0 Å². The van der Waals surface area contributed by atoms with Crippen molar-refractivity contribution >= 4 is 16.9 Å². The zero-order valence-electron chi connectivity index (χ0n) is 21.2. The fraction of sp³-hybridized carbons (Fsp3) is 0.444. The molecule has 186 valence electrons. The predicted molar refractivity (Wildman–Crippen MR) is 133 cm³/mol. The van der Waals surface area contributed by atoms with Gasteiger partial charge in [0.15, 0.2) is 17.6 Å². The largest absolute Gasteiger partial charge is 0.486 e. The molecule has 8 heteroatoms. The summed E-state index contributed by atoms with van der Waals surface area (Å²) in [5, 5.41) is 11.3. The third-order valence-corrected chi connectivity index (χ3v) is 6.46. The Balaban J connectivity index is 0.000000689. The van der Waals surface area contributed by atoms with Crippen LogP contribution in [0.1, 0.15) is 68.5 Å². The molecule has 0 bridgehead atoms. The quantitative estimate of drug-likeness (QED) is 0.407. The number of aromatic nitrogens is 2. The van der Waals surface area contributed by atoms with Gasteiger partial charge in [0.25, 0.3) is 5.56 Å². The first kappa shape index (κ1) is 24.7. The van der Waals surface area contributed by atoms with Gasteiger partial charge in [0, 0.05) is 28.1 Å². The first-order valence-electron chi connectivity index (χ1n) is 12.4. The number of benzene rings is 1. The van der Waals surface area contributed by atoms with Gasteiger partial charge in [0.2, 0.25) is 0 Å². The van der Waals surface area contributed by atoms with Gasteiger partial charge in [-0.25, -0.2) is 9.78 Å². The molecule has 1 atom stereocenters. The number of hydrogen-bond donors (Lipinski definition) is 1. The van der Waals surface area contributed by atoms with Crippen LogP contribution in [0.25, 0.3) is 22.3 Å². The highest BCUT2D eigenvalue weighted by molar-refractivity contribution is 5.94. The third-order valence-electron chi connectivity index (χ3n) is 6.46. The maximum Gasteiger partial charge on any atom is 0.340 e. The van der Waals surface area contributed by atoms with Crippen LogP contribution in [0.15, 0.2) is 16.9 Å². The van der Waals surface area contributed by atoms with Gasteiger partial charge in [-0.15, -0.1) is 0 Å². The van der Waals surface area contributed by atoms with Crippen molar-refractivity contribution in [3.05, 3.63) is 50.3 Å². The second-order valence-electron chi connectivity index (χ2n) is 8.06. The number of aryl methyl sites for hydroxylation is 2. The molecule has 1 N–H and O–H groups in total. The number of carbonyl (C=O) groups excluding carboxylic acids is 1. The Morgan fingerprint density at radius 1 is 1.06 bits per heavy atom. The van der Waals surface area contributed by atoms with E-state index in [2.05, 4.69) is 6.92 Å². The summed E-state index contributed by atoms with van der Waals surface area (Å²) in [5.41, 5.74) is 5.53. The Bertz CT molecular complexity index is 1380. The molecule has 6 rings (SSSR count). The molecule has 0 saturated heterocycles. The lowest BCUT2D eigenvalue weighted by atomic mass is 9.94. The van der Waals surface area contributed by atoms with E-state index in [-0.39, 0.29) is 12.2 Å². The highest BCUT2D eigenvalue weighted by atomic mass is 16.6. The molecule has 0 fully saturated rings. The van der Waals surface area contributed by atoms with Gasteiger partial charge < -0.3 is 23.9 Å². The van der Waals surface area contributed by atoms with E-state index in [0.29, 0.717) is 48.0 Å². The summed E-state index contributed by atoms with van der Waals surface area (Å²) in [6.07, 6.45) is -0.702. The molecule has 1 aromatic carbocycles. The molecule has 0 saturated carbocycles. The van der Waals surface area contributed by atoms with Crippen LogP contribution in [-0.2, 0) is 29.1 Å². The van der Waals surface area contributed by atoms with Crippen LogP contribution in [0.5, 0.6) is 11.5 Å². The van der Waals surface area contributed by atoms with Crippen molar-refractivity contribution in [2.45, 2.75) is 67.2 Å². The van der Waals surface area contributed by atoms with Gasteiger partial charge in [-0.1, -0.05) is 34.6 Å². The Labute approximate surface area is 204 Å². The van der Waals surface area contributed by atoms with Crippen LogP contribution in [0, 0.1) is 6.92 Å². The normalized spacial score (nSPS) is 16.7. The Morgan fingerprint density at radius 3 is 2.49 bits per heavy atom.